The summed E-state index contributed by atoms with van der Waals surface area (Å²) in [6, 6.07) is 5.79. The van der Waals surface area contributed by atoms with Gasteiger partial charge in [0.2, 0.25) is 0 Å². The molecule has 0 amide bonds. The summed E-state index contributed by atoms with van der Waals surface area (Å²) in [5, 5.41) is 6.47. The molecule has 2 rings (SSSR count). The molecule has 0 aromatic carbocycles. The Kier molecular flexibility index (Phi) is 8.22. The average molecular weight is 469 g/mol. The molecule has 19 heavy (non-hydrogen) atoms. The van der Waals surface area contributed by atoms with Crippen molar-refractivity contribution in [3.05, 3.63) is 36.2 Å². The Hall–Kier alpha value is -1.24. The summed E-state index contributed by atoms with van der Waals surface area (Å²) in [6.45, 7) is 3.25. The number of carbonyl (C=O) groups excluding carboxylic acids is 1. The summed E-state index contributed by atoms with van der Waals surface area (Å²) in [5.74, 6) is 0. The van der Waals surface area contributed by atoms with Crippen molar-refractivity contribution in [3.8, 4) is 11.4 Å². The molecule has 0 fully saturated rings. The van der Waals surface area contributed by atoms with Crippen molar-refractivity contribution in [2.75, 3.05) is 0 Å². The monoisotopic (exact) mass is 469 g/mol. The predicted octanol–water partition coefficient (Wildman–Crippen LogP) is 2.53. The van der Waals surface area contributed by atoms with E-state index >= 15 is 0 Å². The number of rotatable bonds is 1. The molecule has 9 heteroatoms. The molecule has 2 aromatic rings. The molecule has 0 N–H and O–H groups in total. The maximum atomic E-state index is 12.2. The van der Waals surface area contributed by atoms with Crippen molar-refractivity contribution in [3.63, 3.8) is 0 Å². The van der Waals surface area contributed by atoms with Gasteiger partial charge in [0.15, 0.2) is 0 Å². The zero-order chi connectivity index (χ0) is 14.9. The maximum absolute atomic E-state index is 12.2. The first-order chi connectivity index (χ1) is 9.07. The molecule has 0 aliphatic carbocycles. The van der Waals surface area contributed by atoms with Gasteiger partial charge < -0.3 is 15.0 Å². The molecular formula is C10H6ClF3IrN3O. The Labute approximate surface area is 121 Å². The van der Waals surface area contributed by atoms with E-state index in [2.05, 4.69) is 31.6 Å². The minimum absolute atomic E-state index is 0.128. The number of pyridine rings is 1. The van der Waals surface area contributed by atoms with Crippen molar-refractivity contribution >= 4 is 16.4 Å². The third-order valence-corrected chi connectivity index (χ3v) is 1.76. The van der Waals surface area contributed by atoms with E-state index in [9.17, 15) is 13.2 Å². The average Bonchev–Trinajstić information content (AvgIpc) is 2.94. The van der Waals surface area contributed by atoms with E-state index in [0.29, 0.717) is 5.69 Å². The first-order valence-corrected chi connectivity index (χ1v) is 7.39. The quantitative estimate of drug-likeness (QED) is 0.477. The van der Waals surface area contributed by atoms with E-state index in [1.54, 1.807) is 18.2 Å². The summed E-state index contributed by atoms with van der Waals surface area (Å²) in [7, 11) is 4.64. The minimum atomic E-state index is -4.46. The molecule has 4 nitrogen and oxygen atoms in total. The molecule has 0 atom stereocenters. The Morgan fingerprint density at radius 2 is 1.89 bits per heavy atom. The van der Waals surface area contributed by atoms with E-state index in [0.717, 1.165) is 6.07 Å². The molecule has 0 spiro atoms. The van der Waals surface area contributed by atoms with Gasteiger partial charge in [0, 0.05) is 11.9 Å². The van der Waals surface area contributed by atoms with E-state index in [-0.39, 0.29) is 5.69 Å². The summed E-state index contributed by atoms with van der Waals surface area (Å²) in [6.07, 6.45) is -2.97. The van der Waals surface area contributed by atoms with Crippen LogP contribution in [0, 0.1) is 0 Å². The Morgan fingerprint density at radius 3 is 2.32 bits per heavy atom. The van der Waals surface area contributed by atoms with E-state index in [1.165, 1.54) is 24.1 Å². The number of halogens is 4. The van der Waals surface area contributed by atoms with E-state index in [4.69, 9.17) is 4.79 Å². The Morgan fingerprint density at radius 1 is 1.26 bits per heavy atom. The fourth-order valence-corrected chi connectivity index (χ4v) is 1.07. The van der Waals surface area contributed by atoms with Crippen molar-refractivity contribution < 1.29 is 35.9 Å². The number of aromatic nitrogens is 3. The number of nitrogens with zero attached hydrogens (tertiary/aromatic N) is 3. The van der Waals surface area contributed by atoms with Crippen LogP contribution in [0.5, 0.6) is 0 Å². The predicted molar refractivity (Wildman–Crippen MR) is 58.4 cm³/mol. The van der Waals surface area contributed by atoms with Crippen LogP contribution in [0.3, 0.4) is 0 Å². The normalized spacial score (nSPS) is 9.74. The number of hydrogen-bond acceptors (Lipinski definition) is 3. The molecule has 2 heterocycles. The SMILES string of the molecule is FC(F)(F)c1cc(-c2ccccn2)[n-]n1.[CH-]=O.[Cl][Ir+2]. The Balaban J connectivity index is 0.000000741. The van der Waals surface area contributed by atoms with Gasteiger partial charge in [0.05, 0.1) is 0 Å². The van der Waals surface area contributed by atoms with Crippen LogP contribution >= 0.6 is 9.58 Å². The van der Waals surface area contributed by atoms with Crippen molar-refractivity contribution in [1.82, 2.24) is 15.2 Å². The second kappa shape index (κ2) is 8.79. The van der Waals surface area contributed by atoms with Crippen molar-refractivity contribution in [1.29, 1.82) is 0 Å². The van der Waals surface area contributed by atoms with E-state index in [1.807, 2.05) is 0 Å². The third kappa shape index (κ3) is 5.50. The molecular weight excluding hydrogens is 463 g/mol. The van der Waals surface area contributed by atoms with Crippen LogP contribution < -0.4 is 5.10 Å². The fraction of sp³-hybridized carbons (Fsp3) is 0.100. The second-order valence-electron chi connectivity index (χ2n) is 2.83. The third-order valence-electron chi connectivity index (χ3n) is 1.76. The number of alkyl halides is 3. The Bertz CT molecular complexity index is 478. The first-order valence-electron chi connectivity index (χ1n) is 4.42. The first kappa shape index (κ1) is 17.8. The summed E-state index contributed by atoms with van der Waals surface area (Å²) in [4.78, 5) is 11.6. The zero-order valence-corrected chi connectivity index (χ0v) is 12.2. The van der Waals surface area contributed by atoms with Crippen LogP contribution in [0.1, 0.15) is 5.69 Å². The molecule has 0 saturated heterocycles. The van der Waals surface area contributed by atoms with Crippen LogP contribution in [0.2, 0.25) is 0 Å². The van der Waals surface area contributed by atoms with Gasteiger partial charge >= 0.3 is 33.6 Å². The molecule has 0 aliphatic heterocycles. The van der Waals surface area contributed by atoms with Gasteiger partial charge in [0.25, 0.3) is 0 Å². The van der Waals surface area contributed by atoms with Crippen LogP contribution in [0.25, 0.3) is 11.4 Å². The molecule has 0 radical (unpaired) electrons. The van der Waals surface area contributed by atoms with Gasteiger partial charge in [-0.25, -0.2) is 0 Å². The topological polar surface area (TPSA) is 57.0 Å². The van der Waals surface area contributed by atoms with Gasteiger partial charge in [-0.3, -0.25) is 11.8 Å². The van der Waals surface area contributed by atoms with Gasteiger partial charge in [-0.2, -0.15) is 13.2 Å². The molecule has 0 bridgehead atoms. The standard InChI is InChI=1S/C9H5F3N3.CHO.ClH.Ir/c10-9(11,12)8-5-7(14-15-8)6-3-1-2-4-13-6;1-2;;/h1-5H;1H;1H;/q2*-1;;+3/p-1. The second-order valence-corrected chi connectivity index (χ2v) is 2.83. The molecule has 0 unspecified atom stereocenters. The summed E-state index contributed by atoms with van der Waals surface area (Å²) >= 11 is 1.47. The van der Waals surface area contributed by atoms with Gasteiger partial charge in [0.1, 0.15) is 5.69 Å². The van der Waals surface area contributed by atoms with Crippen LogP contribution in [-0.4, -0.2) is 16.9 Å². The van der Waals surface area contributed by atoms with Gasteiger partial charge in [-0.1, -0.05) is 11.8 Å². The van der Waals surface area contributed by atoms with Crippen molar-refractivity contribution in [2.45, 2.75) is 6.18 Å². The van der Waals surface area contributed by atoms with Gasteiger partial charge in [-0.15, -0.1) is 0 Å². The molecule has 104 valence electrons. The molecule has 0 saturated carbocycles. The van der Waals surface area contributed by atoms with Gasteiger partial charge in [-0.05, 0) is 18.2 Å². The van der Waals surface area contributed by atoms with Crippen LogP contribution in [0.4, 0.5) is 13.2 Å². The van der Waals surface area contributed by atoms with E-state index < -0.39 is 11.9 Å². The molecule has 2 aromatic heterocycles. The van der Waals surface area contributed by atoms with Crippen LogP contribution in [0.15, 0.2) is 30.5 Å². The fourth-order valence-electron chi connectivity index (χ4n) is 1.07. The molecule has 0 aliphatic rings. The number of hydrogen-bond donors (Lipinski definition) is 0. The zero-order valence-electron chi connectivity index (χ0n) is 9.06. The van der Waals surface area contributed by atoms with Crippen molar-refractivity contribution in [2.24, 2.45) is 0 Å². The summed E-state index contributed by atoms with van der Waals surface area (Å²) < 4.78 is 36.6. The summed E-state index contributed by atoms with van der Waals surface area (Å²) in [5.41, 5.74) is -0.494. The van der Waals surface area contributed by atoms with Crippen LogP contribution in [-0.2, 0) is 28.9 Å².